The van der Waals surface area contributed by atoms with Crippen molar-refractivity contribution >= 4 is 29.3 Å². The second-order valence-electron chi connectivity index (χ2n) is 5.95. The maximum Gasteiger partial charge on any atom is 0.326 e. The molecule has 0 fully saturated rings. The van der Waals surface area contributed by atoms with Crippen LogP contribution in [0.5, 0.6) is 5.75 Å². The average Bonchev–Trinajstić information content (AvgIpc) is 2.79. The average molecular weight is 387 g/mol. The zero-order chi connectivity index (χ0) is 19.4. The molecule has 0 aromatic heterocycles. The number of fused-ring (bicyclic) bond motifs is 1. The van der Waals surface area contributed by atoms with Gasteiger partial charge >= 0.3 is 5.97 Å². The van der Waals surface area contributed by atoms with E-state index in [0.717, 1.165) is 10.5 Å². The molecule has 2 aromatic rings. The second kappa shape index (κ2) is 8.45. The number of anilines is 1. The number of amides is 1. The quantitative estimate of drug-likeness (QED) is 0.795. The van der Waals surface area contributed by atoms with Crippen molar-refractivity contribution in [3.05, 3.63) is 54.1 Å². The van der Waals surface area contributed by atoms with Gasteiger partial charge in [-0.25, -0.2) is 0 Å². The summed E-state index contributed by atoms with van der Waals surface area (Å²) < 4.78 is 10.2. The fraction of sp³-hybridized carbons (Fsp3) is 0.300. The van der Waals surface area contributed by atoms with Gasteiger partial charge in [-0.3, -0.25) is 14.5 Å². The van der Waals surface area contributed by atoms with Crippen molar-refractivity contribution in [3.63, 3.8) is 0 Å². The van der Waals surface area contributed by atoms with Crippen LogP contribution in [0.25, 0.3) is 0 Å². The first-order valence-electron chi connectivity index (χ1n) is 8.59. The molecule has 2 aromatic carbocycles. The minimum absolute atomic E-state index is 0.230. The van der Waals surface area contributed by atoms with E-state index in [0.29, 0.717) is 11.4 Å². The predicted molar refractivity (Wildman–Crippen MR) is 103 cm³/mol. The van der Waals surface area contributed by atoms with E-state index in [9.17, 15) is 14.7 Å². The minimum Gasteiger partial charge on any atom is -0.497 e. The van der Waals surface area contributed by atoms with Crippen molar-refractivity contribution in [2.24, 2.45) is 0 Å². The molecule has 1 amide bonds. The Labute approximate surface area is 162 Å². The van der Waals surface area contributed by atoms with Crippen LogP contribution in [0, 0.1) is 0 Å². The van der Waals surface area contributed by atoms with E-state index in [1.54, 1.807) is 38.3 Å². The number of hydrogen-bond donors (Lipinski definition) is 1. The first-order valence-corrected chi connectivity index (χ1v) is 9.47. The number of esters is 1. The van der Waals surface area contributed by atoms with Crippen molar-refractivity contribution in [1.82, 2.24) is 0 Å². The smallest absolute Gasteiger partial charge is 0.326 e. The molecule has 1 heterocycles. The summed E-state index contributed by atoms with van der Waals surface area (Å²) in [6, 6.07) is 14.5. The van der Waals surface area contributed by atoms with E-state index in [1.807, 2.05) is 24.3 Å². The number of carbonyl (C=O) groups excluding carboxylic acids is 2. The van der Waals surface area contributed by atoms with Crippen LogP contribution in [0.4, 0.5) is 5.69 Å². The molecule has 0 radical (unpaired) electrons. The van der Waals surface area contributed by atoms with Gasteiger partial charge in [0.05, 0.1) is 24.7 Å². The molecule has 2 atom stereocenters. The molecule has 0 saturated heterocycles. The lowest BCUT2D eigenvalue weighted by Gasteiger charge is -2.24. The molecular weight excluding hydrogens is 366 g/mol. The molecule has 0 spiro atoms. The number of rotatable bonds is 5. The standard InChI is InChI=1S/C20H21NO5S/c1-3-26-17(22)12-21-15-6-4-5-7-16(15)27-19(18(23)20(21)24)13-8-10-14(25-2)11-9-13/h4-11,18-19,23H,3,12H2,1-2H3. The molecule has 0 saturated carbocycles. The van der Waals surface area contributed by atoms with Crippen LogP contribution in [0.1, 0.15) is 17.7 Å². The molecule has 7 heteroatoms. The van der Waals surface area contributed by atoms with Crippen LogP contribution in [-0.2, 0) is 14.3 Å². The zero-order valence-electron chi connectivity index (χ0n) is 15.1. The van der Waals surface area contributed by atoms with Gasteiger partial charge in [-0.05, 0) is 36.8 Å². The van der Waals surface area contributed by atoms with Crippen molar-refractivity contribution in [2.75, 3.05) is 25.2 Å². The van der Waals surface area contributed by atoms with Crippen molar-refractivity contribution in [1.29, 1.82) is 0 Å². The Morgan fingerprint density at radius 2 is 1.89 bits per heavy atom. The van der Waals surface area contributed by atoms with Crippen LogP contribution >= 0.6 is 11.8 Å². The number of aliphatic hydroxyl groups is 1. The Balaban J connectivity index is 1.98. The highest BCUT2D eigenvalue weighted by Gasteiger charge is 2.38. The number of nitrogens with zero attached hydrogens (tertiary/aromatic N) is 1. The minimum atomic E-state index is -1.30. The highest BCUT2D eigenvalue weighted by molar-refractivity contribution is 7.99. The van der Waals surface area contributed by atoms with Gasteiger partial charge in [0.15, 0.2) is 0 Å². The predicted octanol–water partition coefficient (Wildman–Crippen LogP) is 2.80. The van der Waals surface area contributed by atoms with Gasteiger partial charge in [0.2, 0.25) is 0 Å². The number of benzene rings is 2. The number of thioether (sulfide) groups is 1. The van der Waals surface area contributed by atoms with Crippen LogP contribution < -0.4 is 9.64 Å². The van der Waals surface area contributed by atoms with Crippen LogP contribution in [-0.4, -0.2) is 43.3 Å². The molecule has 0 bridgehead atoms. The van der Waals surface area contributed by atoms with Gasteiger partial charge in [0.1, 0.15) is 18.4 Å². The van der Waals surface area contributed by atoms with Crippen LogP contribution in [0.2, 0.25) is 0 Å². The van der Waals surface area contributed by atoms with Gasteiger partial charge in [0.25, 0.3) is 5.91 Å². The number of para-hydroxylation sites is 1. The third-order valence-corrected chi connectivity index (χ3v) is 5.64. The Hall–Kier alpha value is -2.51. The Bertz CT molecular complexity index is 823. The summed E-state index contributed by atoms with van der Waals surface area (Å²) in [7, 11) is 1.58. The summed E-state index contributed by atoms with van der Waals surface area (Å²) in [6.07, 6.45) is -1.30. The number of aliphatic hydroxyl groups excluding tert-OH is 1. The van der Waals surface area contributed by atoms with Gasteiger partial charge in [0, 0.05) is 4.90 Å². The molecule has 1 aliphatic heterocycles. The van der Waals surface area contributed by atoms with Crippen molar-refractivity contribution in [3.8, 4) is 5.75 Å². The molecule has 1 N–H and O–H groups in total. The first-order chi connectivity index (χ1) is 13.0. The summed E-state index contributed by atoms with van der Waals surface area (Å²) >= 11 is 1.39. The van der Waals surface area contributed by atoms with Gasteiger partial charge in [-0.15, -0.1) is 11.8 Å². The maximum atomic E-state index is 13.0. The number of ether oxygens (including phenoxy) is 2. The number of hydrogen-bond acceptors (Lipinski definition) is 6. The molecule has 6 nitrogen and oxygen atoms in total. The molecule has 3 rings (SSSR count). The Morgan fingerprint density at radius 3 is 2.56 bits per heavy atom. The summed E-state index contributed by atoms with van der Waals surface area (Å²) in [5.41, 5.74) is 1.39. The first kappa shape index (κ1) is 19.3. The lowest BCUT2D eigenvalue weighted by molar-refractivity contribution is -0.143. The maximum absolute atomic E-state index is 13.0. The summed E-state index contributed by atoms with van der Waals surface area (Å²) in [4.78, 5) is 27.1. The van der Waals surface area contributed by atoms with Gasteiger partial charge in [-0.2, -0.15) is 0 Å². The van der Waals surface area contributed by atoms with Crippen LogP contribution in [0.3, 0.4) is 0 Å². The third-order valence-electron chi connectivity index (χ3n) is 4.25. The van der Waals surface area contributed by atoms with Crippen LogP contribution in [0.15, 0.2) is 53.4 Å². The summed E-state index contributed by atoms with van der Waals surface area (Å²) in [5.74, 6) is -0.343. The highest BCUT2D eigenvalue weighted by atomic mass is 32.2. The van der Waals surface area contributed by atoms with E-state index in [-0.39, 0.29) is 13.2 Å². The summed E-state index contributed by atoms with van der Waals surface area (Å²) in [6.45, 7) is 1.70. The molecule has 0 aliphatic carbocycles. The molecular formula is C20H21NO5S. The Kier molecular flexibility index (Phi) is 6.03. The number of carbonyl (C=O) groups is 2. The van der Waals surface area contributed by atoms with Gasteiger partial charge < -0.3 is 14.6 Å². The summed E-state index contributed by atoms with van der Waals surface area (Å²) in [5, 5.41) is 10.3. The molecule has 1 aliphatic rings. The highest BCUT2D eigenvalue weighted by Crippen LogP contribution is 2.45. The lowest BCUT2D eigenvalue weighted by atomic mass is 10.1. The normalized spacial score (nSPS) is 19.2. The fourth-order valence-electron chi connectivity index (χ4n) is 2.93. The van der Waals surface area contributed by atoms with Gasteiger partial charge in [-0.1, -0.05) is 24.3 Å². The largest absolute Gasteiger partial charge is 0.497 e. The lowest BCUT2D eigenvalue weighted by Crippen LogP contribution is -2.43. The van der Waals surface area contributed by atoms with E-state index >= 15 is 0 Å². The van der Waals surface area contributed by atoms with Crippen molar-refractivity contribution < 1.29 is 24.2 Å². The molecule has 2 unspecified atom stereocenters. The second-order valence-corrected chi connectivity index (χ2v) is 7.14. The number of methoxy groups -OCH3 is 1. The monoisotopic (exact) mass is 387 g/mol. The SMILES string of the molecule is CCOC(=O)CN1C(=O)C(O)C(c2ccc(OC)cc2)Sc2ccccc21. The van der Waals surface area contributed by atoms with E-state index in [4.69, 9.17) is 9.47 Å². The Morgan fingerprint density at radius 1 is 1.19 bits per heavy atom. The van der Waals surface area contributed by atoms with E-state index in [2.05, 4.69) is 0 Å². The van der Waals surface area contributed by atoms with E-state index < -0.39 is 23.2 Å². The fourth-order valence-corrected chi connectivity index (χ4v) is 4.20. The van der Waals surface area contributed by atoms with Crippen molar-refractivity contribution in [2.45, 2.75) is 23.2 Å². The van der Waals surface area contributed by atoms with E-state index in [1.165, 1.54) is 16.7 Å². The topological polar surface area (TPSA) is 76.1 Å². The molecule has 142 valence electrons. The zero-order valence-corrected chi connectivity index (χ0v) is 15.9. The third kappa shape index (κ3) is 4.09. The molecule has 27 heavy (non-hydrogen) atoms.